The number of rotatable bonds is 5. The van der Waals surface area contributed by atoms with Crippen molar-refractivity contribution in [3.63, 3.8) is 0 Å². The number of benzene rings is 1. The van der Waals surface area contributed by atoms with Crippen LogP contribution in [0.5, 0.6) is 5.75 Å². The minimum absolute atomic E-state index is 0.128. The SMILES string of the molecule is O=S1(=O)CCC(N(C2CC2)S(=O)(=O)c2ccccc2OC(F)(F)F)C1. The van der Waals surface area contributed by atoms with Gasteiger partial charge in [0.1, 0.15) is 10.6 Å². The van der Waals surface area contributed by atoms with E-state index < -0.39 is 42.9 Å². The maximum atomic E-state index is 13.0. The molecular formula is C14H16F3NO5S2. The molecule has 6 nitrogen and oxygen atoms in total. The number of ether oxygens (including phenoxy) is 1. The van der Waals surface area contributed by atoms with Crippen molar-refractivity contribution in [2.24, 2.45) is 0 Å². The van der Waals surface area contributed by atoms with Crippen molar-refractivity contribution in [2.45, 2.75) is 42.6 Å². The second kappa shape index (κ2) is 6.13. The third-order valence-corrected chi connectivity index (χ3v) is 7.90. The zero-order chi connectivity index (χ0) is 18.5. The van der Waals surface area contributed by atoms with E-state index in [1.807, 2.05) is 0 Å². The predicted octanol–water partition coefficient (Wildman–Crippen LogP) is 1.93. The van der Waals surface area contributed by atoms with Crippen LogP contribution in [-0.2, 0) is 19.9 Å². The van der Waals surface area contributed by atoms with Crippen LogP contribution in [-0.4, -0.2) is 51.1 Å². The minimum Gasteiger partial charge on any atom is -0.404 e. The van der Waals surface area contributed by atoms with E-state index in [1.54, 1.807) is 0 Å². The van der Waals surface area contributed by atoms with Gasteiger partial charge in [-0.1, -0.05) is 12.1 Å². The summed E-state index contributed by atoms with van der Waals surface area (Å²) in [6.07, 6.45) is -3.79. The summed E-state index contributed by atoms with van der Waals surface area (Å²) in [5.41, 5.74) is 0. The Morgan fingerprint density at radius 1 is 1.08 bits per heavy atom. The molecule has 0 radical (unpaired) electrons. The summed E-state index contributed by atoms with van der Waals surface area (Å²) in [5.74, 6) is -1.26. The topological polar surface area (TPSA) is 80.8 Å². The number of sulfone groups is 1. The molecule has 1 saturated heterocycles. The number of sulfonamides is 1. The fourth-order valence-electron chi connectivity index (χ4n) is 2.98. The Hall–Kier alpha value is -1.33. The van der Waals surface area contributed by atoms with Gasteiger partial charge in [0.05, 0.1) is 11.5 Å². The van der Waals surface area contributed by atoms with E-state index in [0.717, 1.165) is 16.4 Å². The van der Waals surface area contributed by atoms with Gasteiger partial charge in [0.15, 0.2) is 9.84 Å². The zero-order valence-corrected chi connectivity index (χ0v) is 14.6. The molecule has 11 heteroatoms. The smallest absolute Gasteiger partial charge is 0.404 e. The van der Waals surface area contributed by atoms with Gasteiger partial charge >= 0.3 is 6.36 Å². The fourth-order valence-corrected chi connectivity index (χ4v) is 6.80. The maximum Gasteiger partial charge on any atom is 0.573 e. The molecule has 2 aliphatic rings. The van der Waals surface area contributed by atoms with Gasteiger partial charge in [-0.2, -0.15) is 4.31 Å². The highest BCUT2D eigenvalue weighted by Gasteiger charge is 2.47. The lowest BCUT2D eigenvalue weighted by molar-refractivity contribution is -0.275. The molecule has 1 saturated carbocycles. The third kappa shape index (κ3) is 4.09. The van der Waals surface area contributed by atoms with Gasteiger partial charge in [-0.15, -0.1) is 13.2 Å². The van der Waals surface area contributed by atoms with Gasteiger partial charge in [-0.25, -0.2) is 16.8 Å². The third-order valence-electron chi connectivity index (χ3n) is 4.11. The van der Waals surface area contributed by atoms with Crippen molar-refractivity contribution in [2.75, 3.05) is 11.5 Å². The first-order valence-corrected chi connectivity index (χ1v) is 10.8. The lowest BCUT2D eigenvalue weighted by atomic mass is 10.2. The van der Waals surface area contributed by atoms with Gasteiger partial charge in [-0.3, -0.25) is 0 Å². The van der Waals surface area contributed by atoms with Crippen LogP contribution in [0.25, 0.3) is 0 Å². The highest BCUT2D eigenvalue weighted by atomic mass is 32.2. The van der Waals surface area contributed by atoms with E-state index in [4.69, 9.17) is 0 Å². The van der Waals surface area contributed by atoms with Crippen LogP contribution in [0, 0.1) is 0 Å². The van der Waals surface area contributed by atoms with Crippen molar-refractivity contribution < 1.29 is 34.7 Å². The Labute approximate surface area is 143 Å². The molecule has 1 aliphatic heterocycles. The van der Waals surface area contributed by atoms with E-state index in [2.05, 4.69) is 4.74 Å². The molecule has 3 rings (SSSR count). The fraction of sp³-hybridized carbons (Fsp3) is 0.571. The first kappa shape index (κ1) is 18.5. The average molecular weight is 399 g/mol. The van der Waals surface area contributed by atoms with Crippen LogP contribution >= 0.6 is 0 Å². The summed E-state index contributed by atoms with van der Waals surface area (Å²) in [5, 5.41) is 0. The summed E-state index contributed by atoms with van der Waals surface area (Å²) >= 11 is 0. The molecular weight excluding hydrogens is 383 g/mol. The zero-order valence-electron chi connectivity index (χ0n) is 12.9. The van der Waals surface area contributed by atoms with Crippen LogP contribution in [0.3, 0.4) is 0 Å². The number of hydrogen-bond donors (Lipinski definition) is 0. The Bertz CT molecular complexity index is 863. The molecule has 140 valence electrons. The maximum absolute atomic E-state index is 13.0. The van der Waals surface area contributed by atoms with Gasteiger partial charge in [0.25, 0.3) is 0 Å². The molecule has 0 bridgehead atoms. The molecule has 2 fully saturated rings. The molecule has 1 aliphatic carbocycles. The molecule has 1 atom stereocenters. The van der Waals surface area contributed by atoms with Gasteiger partial charge in [0.2, 0.25) is 10.0 Å². The van der Waals surface area contributed by atoms with Gasteiger partial charge in [0, 0.05) is 12.1 Å². The summed E-state index contributed by atoms with van der Waals surface area (Å²) in [6, 6.07) is 3.35. The molecule has 0 spiro atoms. The van der Waals surface area contributed by atoms with Crippen LogP contribution in [0.15, 0.2) is 29.2 Å². The van der Waals surface area contributed by atoms with Crippen LogP contribution in [0.2, 0.25) is 0 Å². The molecule has 1 aromatic rings. The summed E-state index contributed by atoms with van der Waals surface area (Å²) in [4.78, 5) is -0.608. The standard InChI is InChI=1S/C14H16F3NO5S2/c15-14(16,17)23-12-3-1-2-4-13(12)25(21,22)18(10-5-6-10)11-7-8-24(19,20)9-11/h1-4,10-11H,5-9H2. The second-order valence-electron chi connectivity index (χ2n) is 6.12. The Balaban J connectivity index is 2.00. The van der Waals surface area contributed by atoms with Crippen molar-refractivity contribution in [1.82, 2.24) is 4.31 Å². The predicted molar refractivity (Wildman–Crippen MR) is 82.2 cm³/mol. The lowest BCUT2D eigenvalue weighted by Gasteiger charge is -2.28. The van der Waals surface area contributed by atoms with Crippen molar-refractivity contribution >= 4 is 19.9 Å². The monoisotopic (exact) mass is 399 g/mol. The second-order valence-corrected chi connectivity index (χ2v) is 10.2. The van der Waals surface area contributed by atoms with Crippen molar-refractivity contribution in [1.29, 1.82) is 0 Å². The van der Waals surface area contributed by atoms with E-state index in [1.165, 1.54) is 12.1 Å². The van der Waals surface area contributed by atoms with Crippen molar-refractivity contribution in [3.05, 3.63) is 24.3 Å². The van der Waals surface area contributed by atoms with Gasteiger partial charge < -0.3 is 4.74 Å². The lowest BCUT2D eigenvalue weighted by Crippen LogP contribution is -2.42. The van der Waals surface area contributed by atoms with Crippen LogP contribution < -0.4 is 4.74 Å². The molecule has 0 aromatic heterocycles. The summed E-state index contributed by atoms with van der Waals surface area (Å²) in [6.45, 7) is 0. The normalized spacial score (nSPS) is 23.8. The van der Waals surface area contributed by atoms with Crippen LogP contribution in [0.4, 0.5) is 13.2 Å². The quantitative estimate of drug-likeness (QED) is 0.756. The number of nitrogens with zero attached hydrogens (tertiary/aromatic N) is 1. The number of halogens is 3. The number of hydrogen-bond acceptors (Lipinski definition) is 5. The van der Waals surface area contributed by atoms with Crippen molar-refractivity contribution in [3.8, 4) is 5.75 Å². The molecule has 1 heterocycles. The minimum atomic E-state index is -5.03. The molecule has 25 heavy (non-hydrogen) atoms. The van der Waals surface area contributed by atoms with Gasteiger partial charge in [-0.05, 0) is 31.4 Å². The number of alkyl halides is 3. The highest BCUT2D eigenvalue weighted by molar-refractivity contribution is 7.92. The molecule has 0 N–H and O–H groups in total. The Kier molecular flexibility index (Phi) is 4.53. The first-order valence-electron chi connectivity index (χ1n) is 7.58. The molecule has 1 unspecified atom stereocenters. The van der Waals surface area contributed by atoms with Crippen LogP contribution in [0.1, 0.15) is 19.3 Å². The largest absolute Gasteiger partial charge is 0.573 e. The van der Waals surface area contributed by atoms with E-state index in [9.17, 15) is 30.0 Å². The van der Waals surface area contributed by atoms with E-state index >= 15 is 0 Å². The summed E-state index contributed by atoms with van der Waals surface area (Å²) in [7, 11) is -7.68. The highest BCUT2D eigenvalue weighted by Crippen LogP contribution is 2.39. The Morgan fingerprint density at radius 2 is 1.72 bits per heavy atom. The van der Waals surface area contributed by atoms with E-state index in [0.29, 0.717) is 12.8 Å². The average Bonchev–Trinajstić information content (AvgIpc) is 3.21. The van der Waals surface area contributed by atoms with E-state index in [-0.39, 0.29) is 24.0 Å². The first-order chi connectivity index (χ1) is 11.5. The number of para-hydroxylation sites is 1. The summed E-state index contributed by atoms with van der Waals surface area (Å²) < 4.78 is 92.1. The Morgan fingerprint density at radius 3 is 2.24 bits per heavy atom. The molecule has 0 amide bonds. The molecule has 1 aromatic carbocycles.